The molecule has 9 rings (SSSR count). The highest BCUT2D eigenvalue weighted by Crippen LogP contribution is 2.44. The zero-order valence-corrected chi connectivity index (χ0v) is 24.1. The van der Waals surface area contributed by atoms with Gasteiger partial charge in [0.25, 0.3) is 0 Å². The van der Waals surface area contributed by atoms with Gasteiger partial charge in [0.05, 0.1) is 11.2 Å². The van der Waals surface area contributed by atoms with Crippen molar-refractivity contribution in [3.63, 3.8) is 0 Å². The van der Waals surface area contributed by atoms with Crippen LogP contribution in [0.3, 0.4) is 0 Å². The zero-order chi connectivity index (χ0) is 28.4. The van der Waals surface area contributed by atoms with Crippen molar-refractivity contribution in [3.8, 4) is 0 Å². The first kappa shape index (κ1) is 24.2. The largest absolute Gasteiger partial charge is 0.494 e. The van der Waals surface area contributed by atoms with Crippen molar-refractivity contribution in [2.24, 2.45) is 0 Å². The summed E-state index contributed by atoms with van der Waals surface area (Å²) in [6, 6.07) is 37.2. The van der Waals surface area contributed by atoms with Crippen LogP contribution in [0.2, 0.25) is 0 Å². The molecule has 2 heterocycles. The number of fused-ring (bicyclic) bond motifs is 14. The SMILES string of the molecule is CC1(C)OB(c2ccc3c(c2)c2ccccc2c2cc4c(cc32)oc2c3ccccc3c3ccccc3c42)OC1(C)C. The van der Waals surface area contributed by atoms with Crippen molar-refractivity contribution >= 4 is 88.4 Å². The predicted molar refractivity (Wildman–Crippen MR) is 177 cm³/mol. The quantitative estimate of drug-likeness (QED) is 0.152. The molecule has 202 valence electrons. The first-order chi connectivity index (χ1) is 20.3. The Bertz CT molecular complexity index is 2420. The lowest BCUT2D eigenvalue weighted by Gasteiger charge is -2.32. The molecule has 1 fully saturated rings. The molecule has 4 heteroatoms. The van der Waals surface area contributed by atoms with Crippen LogP contribution >= 0.6 is 0 Å². The third-order valence-electron chi connectivity index (χ3n) is 9.85. The summed E-state index contributed by atoms with van der Waals surface area (Å²) < 4.78 is 19.6. The van der Waals surface area contributed by atoms with Crippen LogP contribution < -0.4 is 5.46 Å². The van der Waals surface area contributed by atoms with Gasteiger partial charge in [-0.25, -0.2) is 0 Å². The summed E-state index contributed by atoms with van der Waals surface area (Å²) >= 11 is 0. The summed E-state index contributed by atoms with van der Waals surface area (Å²) in [6.07, 6.45) is 0. The molecule has 0 N–H and O–H groups in total. The van der Waals surface area contributed by atoms with Crippen molar-refractivity contribution < 1.29 is 13.7 Å². The number of furan rings is 1. The van der Waals surface area contributed by atoms with Crippen molar-refractivity contribution in [1.29, 1.82) is 0 Å². The molecular weight excluding hydrogens is 515 g/mol. The van der Waals surface area contributed by atoms with Gasteiger partial charge in [0.15, 0.2) is 0 Å². The van der Waals surface area contributed by atoms with Gasteiger partial charge in [-0.2, -0.15) is 0 Å². The Morgan fingerprint density at radius 2 is 0.929 bits per heavy atom. The van der Waals surface area contributed by atoms with Gasteiger partial charge in [0.1, 0.15) is 11.2 Å². The Morgan fingerprint density at radius 1 is 0.452 bits per heavy atom. The molecule has 0 atom stereocenters. The fourth-order valence-electron chi connectivity index (χ4n) is 7.00. The van der Waals surface area contributed by atoms with Gasteiger partial charge in [0, 0.05) is 16.2 Å². The fraction of sp³-hybridized carbons (Fsp3) is 0.158. The Morgan fingerprint density at radius 3 is 1.57 bits per heavy atom. The Kier molecular flexibility index (Phi) is 4.69. The standard InChI is InChI=1S/C38H29BO3/c1-37(2)38(3,4)42-39(41-37)22-17-18-27-30(19-22)25-13-5-6-14-26(25)31-20-33-34(21-32(27)31)40-36-29-16-10-8-12-24(29)23-11-7-9-15-28(23)35(33)36/h5-21H,1-4H3. The average Bonchev–Trinajstić information content (AvgIpc) is 3.49. The molecule has 8 aromatic rings. The minimum absolute atomic E-state index is 0.390. The maximum atomic E-state index is 6.75. The lowest BCUT2D eigenvalue weighted by molar-refractivity contribution is 0.00578. The van der Waals surface area contributed by atoms with Gasteiger partial charge in [-0.1, -0.05) is 91.0 Å². The topological polar surface area (TPSA) is 31.6 Å². The number of hydrogen-bond donors (Lipinski definition) is 0. The summed E-state index contributed by atoms with van der Waals surface area (Å²) in [7, 11) is -0.409. The highest BCUT2D eigenvalue weighted by Gasteiger charge is 2.51. The predicted octanol–water partition coefficient (Wildman–Crippen LogP) is 9.65. The van der Waals surface area contributed by atoms with E-state index in [1.165, 1.54) is 53.9 Å². The molecule has 0 radical (unpaired) electrons. The van der Waals surface area contributed by atoms with E-state index in [-0.39, 0.29) is 11.2 Å². The second-order valence-corrected chi connectivity index (χ2v) is 12.7. The fourth-order valence-corrected chi connectivity index (χ4v) is 7.00. The summed E-state index contributed by atoms with van der Waals surface area (Å²) in [5.41, 5.74) is 2.11. The maximum Gasteiger partial charge on any atom is 0.494 e. The van der Waals surface area contributed by atoms with Crippen LogP contribution in [-0.4, -0.2) is 18.3 Å². The van der Waals surface area contributed by atoms with Crippen LogP contribution in [0.4, 0.5) is 0 Å². The van der Waals surface area contributed by atoms with Gasteiger partial charge in [-0.05, 0) is 93.8 Å². The normalized spacial score (nSPS) is 16.7. The maximum absolute atomic E-state index is 6.75. The summed E-state index contributed by atoms with van der Waals surface area (Å²) in [5, 5.41) is 14.4. The number of benzene rings is 7. The monoisotopic (exact) mass is 544 g/mol. The minimum Gasteiger partial charge on any atom is -0.455 e. The molecule has 0 spiro atoms. The van der Waals surface area contributed by atoms with Crippen molar-refractivity contribution in [3.05, 3.63) is 103 Å². The van der Waals surface area contributed by atoms with E-state index >= 15 is 0 Å². The van der Waals surface area contributed by atoms with E-state index in [9.17, 15) is 0 Å². The van der Waals surface area contributed by atoms with E-state index in [1.54, 1.807) is 0 Å². The van der Waals surface area contributed by atoms with Gasteiger partial charge in [-0.3, -0.25) is 0 Å². The van der Waals surface area contributed by atoms with E-state index in [4.69, 9.17) is 13.7 Å². The van der Waals surface area contributed by atoms with Gasteiger partial charge >= 0.3 is 7.12 Å². The Labute approximate surface area is 243 Å². The Balaban J connectivity index is 1.38. The van der Waals surface area contributed by atoms with E-state index in [0.29, 0.717) is 0 Å². The van der Waals surface area contributed by atoms with E-state index in [1.807, 2.05) is 0 Å². The molecule has 42 heavy (non-hydrogen) atoms. The average molecular weight is 544 g/mol. The second-order valence-electron chi connectivity index (χ2n) is 12.7. The summed E-state index contributed by atoms with van der Waals surface area (Å²) in [6.45, 7) is 8.40. The molecule has 0 unspecified atom stereocenters. The smallest absolute Gasteiger partial charge is 0.455 e. The molecule has 1 aliphatic rings. The van der Waals surface area contributed by atoms with Crippen molar-refractivity contribution in [2.75, 3.05) is 0 Å². The molecule has 7 aromatic carbocycles. The lowest BCUT2D eigenvalue weighted by atomic mass is 9.77. The van der Waals surface area contributed by atoms with E-state index in [0.717, 1.165) is 27.4 Å². The highest BCUT2D eigenvalue weighted by atomic mass is 16.7. The number of rotatable bonds is 1. The molecule has 0 amide bonds. The third-order valence-corrected chi connectivity index (χ3v) is 9.85. The molecular formula is C38H29BO3. The molecule has 1 aliphatic heterocycles. The van der Waals surface area contributed by atoms with Crippen LogP contribution in [0.25, 0.3) is 75.8 Å². The molecule has 0 saturated carbocycles. The van der Waals surface area contributed by atoms with Crippen LogP contribution in [-0.2, 0) is 9.31 Å². The molecule has 0 aliphatic carbocycles. The van der Waals surface area contributed by atoms with E-state index < -0.39 is 7.12 Å². The second kappa shape index (κ2) is 8.13. The van der Waals surface area contributed by atoms with Crippen molar-refractivity contribution in [2.45, 2.75) is 38.9 Å². The van der Waals surface area contributed by atoms with Crippen LogP contribution in [0.1, 0.15) is 27.7 Å². The molecule has 0 bridgehead atoms. The van der Waals surface area contributed by atoms with Gasteiger partial charge in [-0.15, -0.1) is 0 Å². The lowest BCUT2D eigenvalue weighted by Crippen LogP contribution is -2.41. The van der Waals surface area contributed by atoms with Gasteiger partial charge in [0.2, 0.25) is 0 Å². The molecule has 1 aromatic heterocycles. The first-order valence-corrected chi connectivity index (χ1v) is 14.7. The number of hydrogen-bond acceptors (Lipinski definition) is 3. The third kappa shape index (κ3) is 3.14. The molecule has 1 saturated heterocycles. The van der Waals surface area contributed by atoms with Crippen molar-refractivity contribution in [1.82, 2.24) is 0 Å². The minimum atomic E-state index is -0.409. The molecule has 3 nitrogen and oxygen atoms in total. The van der Waals surface area contributed by atoms with E-state index in [2.05, 4.69) is 131 Å². The highest BCUT2D eigenvalue weighted by molar-refractivity contribution is 6.62. The van der Waals surface area contributed by atoms with Crippen LogP contribution in [0, 0.1) is 0 Å². The zero-order valence-electron chi connectivity index (χ0n) is 24.1. The van der Waals surface area contributed by atoms with Crippen LogP contribution in [0.5, 0.6) is 0 Å². The Hall–Kier alpha value is -4.38. The first-order valence-electron chi connectivity index (χ1n) is 14.7. The summed E-state index contributed by atoms with van der Waals surface area (Å²) in [4.78, 5) is 0. The summed E-state index contributed by atoms with van der Waals surface area (Å²) in [5.74, 6) is 0. The van der Waals surface area contributed by atoms with Gasteiger partial charge < -0.3 is 13.7 Å². The van der Waals surface area contributed by atoms with Crippen LogP contribution in [0.15, 0.2) is 108 Å².